The smallest absolute Gasteiger partial charge is 0.255 e. The van der Waals surface area contributed by atoms with Crippen LogP contribution in [0.15, 0.2) is 23.7 Å². The van der Waals surface area contributed by atoms with Crippen molar-refractivity contribution >= 4 is 39.1 Å². The van der Waals surface area contributed by atoms with Gasteiger partial charge in [0.1, 0.15) is 0 Å². The second-order valence-corrected chi connectivity index (χ2v) is 7.14. The Morgan fingerprint density at radius 1 is 1.16 bits per heavy atom. The lowest BCUT2D eigenvalue weighted by molar-refractivity contribution is 0.102. The summed E-state index contributed by atoms with van der Waals surface area (Å²) in [4.78, 5) is 28.3. The molecule has 3 heterocycles. The minimum absolute atomic E-state index is 0.154. The average molecular weight is 353 g/mol. The van der Waals surface area contributed by atoms with E-state index in [-0.39, 0.29) is 5.91 Å². The van der Waals surface area contributed by atoms with Gasteiger partial charge in [-0.2, -0.15) is 0 Å². The van der Waals surface area contributed by atoms with Gasteiger partial charge in [-0.3, -0.25) is 4.79 Å². The maximum absolute atomic E-state index is 12.6. The zero-order valence-electron chi connectivity index (χ0n) is 14.2. The summed E-state index contributed by atoms with van der Waals surface area (Å²) in [6, 6.07) is 5.53. The van der Waals surface area contributed by atoms with E-state index in [0.717, 1.165) is 40.6 Å². The third-order valence-corrected chi connectivity index (χ3v) is 5.27. The van der Waals surface area contributed by atoms with Gasteiger partial charge >= 0.3 is 0 Å². The van der Waals surface area contributed by atoms with E-state index in [1.54, 1.807) is 11.6 Å². The highest BCUT2D eigenvalue weighted by atomic mass is 32.1. The number of thiazole rings is 1. The van der Waals surface area contributed by atoms with Crippen molar-refractivity contribution in [2.24, 2.45) is 0 Å². The fourth-order valence-electron chi connectivity index (χ4n) is 3.12. The SMILES string of the molecule is Cc1nc(N2CCCC2)nc(C)c1NC(=O)c1ccc2ncsc2c1. The van der Waals surface area contributed by atoms with Crippen molar-refractivity contribution in [3.63, 3.8) is 0 Å². The number of aromatic nitrogens is 3. The molecule has 1 amide bonds. The van der Waals surface area contributed by atoms with E-state index in [2.05, 4.69) is 25.2 Å². The first kappa shape index (κ1) is 16.0. The molecule has 0 aliphatic carbocycles. The lowest BCUT2D eigenvalue weighted by Crippen LogP contribution is -2.22. The minimum Gasteiger partial charge on any atom is -0.341 e. The van der Waals surface area contributed by atoms with Gasteiger partial charge in [-0.25, -0.2) is 15.0 Å². The number of fused-ring (bicyclic) bond motifs is 1. The second kappa shape index (κ2) is 6.40. The van der Waals surface area contributed by atoms with Gasteiger partial charge < -0.3 is 10.2 Å². The van der Waals surface area contributed by atoms with Gasteiger partial charge in [0, 0.05) is 18.7 Å². The predicted octanol–water partition coefficient (Wildman–Crippen LogP) is 3.56. The number of anilines is 2. The summed E-state index contributed by atoms with van der Waals surface area (Å²) < 4.78 is 1.00. The first-order chi connectivity index (χ1) is 12.1. The third-order valence-electron chi connectivity index (χ3n) is 4.48. The molecule has 1 aliphatic rings. The van der Waals surface area contributed by atoms with Crippen molar-refractivity contribution in [2.75, 3.05) is 23.3 Å². The molecule has 2 aromatic heterocycles. The number of carbonyl (C=O) groups excluding carboxylic acids is 1. The van der Waals surface area contributed by atoms with Crippen LogP contribution in [0, 0.1) is 13.8 Å². The van der Waals surface area contributed by atoms with Crippen molar-refractivity contribution < 1.29 is 4.79 Å². The summed E-state index contributed by atoms with van der Waals surface area (Å²) in [7, 11) is 0. The lowest BCUT2D eigenvalue weighted by Gasteiger charge is -2.18. The summed E-state index contributed by atoms with van der Waals surface area (Å²) in [5.41, 5.74) is 5.58. The van der Waals surface area contributed by atoms with Gasteiger partial charge in [0.25, 0.3) is 5.91 Å². The number of nitrogens with one attached hydrogen (secondary N) is 1. The first-order valence-corrected chi connectivity index (χ1v) is 9.24. The predicted molar refractivity (Wildman–Crippen MR) is 101 cm³/mol. The van der Waals surface area contributed by atoms with E-state index in [1.165, 1.54) is 24.2 Å². The van der Waals surface area contributed by atoms with E-state index in [0.29, 0.717) is 11.3 Å². The summed E-state index contributed by atoms with van der Waals surface area (Å²) >= 11 is 1.53. The summed E-state index contributed by atoms with van der Waals surface area (Å²) in [5, 5.41) is 2.97. The van der Waals surface area contributed by atoms with Crippen LogP contribution in [0.4, 0.5) is 11.6 Å². The molecule has 0 spiro atoms. The van der Waals surface area contributed by atoms with Gasteiger partial charge in [-0.05, 0) is 44.9 Å². The highest BCUT2D eigenvalue weighted by Gasteiger charge is 2.19. The summed E-state index contributed by atoms with van der Waals surface area (Å²) in [6.45, 7) is 5.82. The average Bonchev–Trinajstić information content (AvgIpc) is 3.28. The molecule has 1 aliphatic heterocycles. The monoisotopic (exact) mass is 353 g/mol. The van der Waals surface area contributed by atoms with Crippen molar-refractivity contribution in [2.45, 2.75) is 26.7 Å². The highest BCUT2D eigenvalue weighted by molar-refractivity contribution is 7.16. The molecule has 1 aromatic carbocycles. The molecule has 1 N–H and O–H groups in total. The molecule has 0 bridgehead atoms. The topological polar surface area (TPSA) is 71.0 Å². The molecule has 25 heavy (non-hydrogen) atoms. The van der Waals surface area contributed by atoms with Gasteiger partial charge in [0.15, 0.2) is 0 Å². The molecule has 3 aromatic rings. The molecule has 7 heteroatoms. The number of carbonyl (C=O) groups is 1. The van der Waals surface area contributed by atoms with Crippen LogP contribution in [0.5, 0.6) is 0 Å². The molecule has 4 rings (SSSR count). The quantitative estimate of drug-likeness (QED) is 0.779. The van der Waals surface area contributed by atoms with Gasteiger partial charge in [0.2, 0.25) is 5.95 Å². The number of hydrogen-bond donors (Lipinski definition) is 1. The third kappa shape index (κ3) is 3.07. The zero-order chi connectivity index (χ0) is 17.4. The minimum atomic E-state index is -0.154. The van der Waals surface area contributed by atoms with Gasteiger partial charge in [-0.15, -0.1) is 11.3 Å². The molecular weight excluding hydrogens is 334 g/mol. The highest BCUT2D eigenvalue weighted by Crippen LogP contribution is 2.24. The fraction of sp³-hybridized carbons (Fsp3) is 0.333. The Bertz CT molecular complexity index is 923. The first-order valence-electron chi connectivity index (χ1n) is 8.36. The van der Waals surface area contributed by atoms with Crippen LogP contribution < -0.4 is 10.2 Å². The second-order valence-electron chi connectivity index (χ2n) is 6.25. The van der Waals surface area contributed by atoms with Crippen LogP contribution in [0.2, 0.25) is 0 Å². The van der Waals surface area contributed by atoms with E-state index >= 15 is 0 Å². The number of hydrogen-bond acceptors (Lipinski definition) is 6. The lowest BCUT2D eigenvalue weighted by atomic mass is 10.2. The maximum Gasteiger partial charge on any atom is 0.255 e. The molecule has 1 saturated heterocycles. The van der Waals surface area contributed by atoms with Crippen LogP contribution in [0.1, 0.15) is 34.6 Å². The molecule has 0 radical (unpaired) electrons. The summed E-state index contributed by atoms with van der Waals surface area (Å²) in [6.07, 6.45) is 2.36. The van der Waals surface area contributed by atoms with E-state index in [1.807, 2.05) is 26.0 Å². The number of amides is 1. The largest absolute Gasteiger partial charge is 0.341 e. The van der Waals surface area contributed by atoms with Crippen LogP contribution in [-0.2, 0) is 0 Å². The molecule has 0 atom stereocenters. The van der Waals surface area contributed by atoms with Crippen LogP contribution in [0.3, 0.4) is 0 Å². The van der Waals surface area contributed by atoms with Crippen LogP contribution in [-0.4, -0.2) is 33.9 Å². The Morgan fingerprint density at radius 2 is 1.88 bits per heavy atom. The van der Waals surface area contributed by atoms with Gasteiger partial charge in [-0.1, -0.05) is 0 Å². The molecule has 0 saturated carbocycles. The van der Waals surface area contributed by atoms with E-state index in [9.17, 15) is 4.79 Å². The van der Waals surface area contributed by atoms with Crippen molar-refractivity contribution in [1.29, 1.82) is 0 Å². The molecular formula is C18H19N5OS. The molecule has 6 nitrogen and oxygen atoms in total. The summed E-state index contributed by atoms with van der Waals surface area (Å²) in [5.74, 6) is 0.607. The van der Waals surface area contributed by atoms with E-state index in [4.69, 9.17) is 0 Å². The zero-order valence-corrected chi connectivity index (χ0v) is 15.1. The van der Waals surface area contributed by atoms with Crippen LogP contribution >= 0.6 is 11.3 Å². The Kier molecular flexibility index (Phi) is 4.09. The van der Waals surface area contributed by atoms with Crippen molar-refractivity contribution in [3.8, 4) is 0 Å². The van der Waals surface area contributed by atoms with E-state index < -0.39 is 0 Å². The maximum atomic E-state index is 12.6. The number of nitrogens with zero attached hydrogens (tertiary/aromatic N) is 4. The number of aryl methyl sites for hydroxylation is 2. The Balaban J connectivity index is 1.59. The Hall–Kier alpha value is -2.54. The van der Waals surface area contributed by atoms with Gasteiger partial charge in [0.05, 0.1) is 32.8 Å². The van der Waals surface area contributed by atoms with Crippen LogP contribution in [0.25, 0.3) is 10.2 Å². The number of rotatable bonds is 3. The number of benzene rings is 1. The Morgan fingerprint density at radius 3 is 2.60 bits per heavy atom. The molecule has 1 fully saturated rings. The Labute approximate surface area is 149 Å². The molecule has 0 unspecified atom stereocenters. The van der Waals surface area contributed by atoms with Crippen molar-refractivity contribution in [3.05, 3.63) is 40.7 Å². The van der Waals surface area contributed by atoms with Crippen molar-refractivity contribution in [1.82, 2.24) is 15.0 Å². The standard InChI is InChI=1S/C18H19N5OS/c1-11-16(12(2)21-18(20-11)23-7-3-4-8-23)22-17(24)13-5-6-14-15(9-13)25-10-19-14/h5-6,9-10H,3-4,7-8H2,1-2H3,(H,22,24). The molecule has 128 valence electrons. The normalized spacial score (nSPS) is 14.2. The fourth-order valence-corrected chi connectivity index (χ4v) is 3.84.